The Morgan fingerprint density at radius 2 is 2.00 bits per heavy atom. The molecule has 0 aliphatic heterocycles. The largest absolute Gasteiger partial charge is 0.253 e. The minimum absolute atomic E-state index is 0.820. The number of aryl methyl sites for hydroxylation is 2. The quantitative estimate of drug-likeness (QED) is 0.547. The maximum absolute atomic E-state index is 4.61. The first-order valence-corrected chi connectivity index (χ1v) is 8.29. The summed E-state index contributed by atoms with van der Waals surface area (Å²) in [6.45, 7) is 4.16. The molecule has 3 nitrogen and oxygen atoms in total. The van der Waals surface area contributed by atoms with E-state index in [9.17, 15) is 0 Å². The Balaban J connectivity index is 1.75. The first-order valence-electron chi connectivity index (χ1n) is 6.60. The third-order valence-electron chi connectivity index (χ3n) is 3.10. The lowest BCUT2D eigenvalue weighted by Gasteiger charge is -1.98. The molecule has 0 atom stereocenters. The summed E-state index contributed by atoms with van der Waals surface area (Å²) in [5.41, 5.74) is 6.38. The summed E-state index contributed by atoms with van der Waals surface area (Å²) in [5, 5.41) is 7.17. The fourth-order valence-corrected chi connectivity index (χ4v) is 3.59. The van der Waals surface area contributed by atoms with Crippen LogP contribution in [0.25, 0.3) is 10.6 Å². The minimum atomic E-state index is 0.820. The molecule has 5 heteroatoms. The molecule has 0 aliphatic rings. The zero-order valence-corrected chi connectivity index (χ0v) is 13.5. The van der Waals surface area contributed by atoms with Crippen molar-refractivity contribution in [2.45, 2.75) is 13.8 Å². The van der Waals surface area contributed by atoms with E-state index >= 15 is 0 Å². The number of hydrogen-bond acceptors (Lipinski definition) is 5. The number of anilines is 1. The lowest BCUT2D eigenvalue weighted by Crippen LogP contribution is -1.91. The lowest BCUT2D eigenvalue weighted by atomic mass is 10.1. The number of nitrogens with one attached hydrogen (secondary N) is 1. The van der Waals surface area contributed by atoms with Crippen molar-refractivity contribution in [1.82, 2.24) is 4.98 Å². The molecular formula is C16H15N3S2. The van der Waals surface area contributed by atoms with Gasteiger partial charge in [0.05, 0.1) is 16.8 Å². The van der Waals surface area contributed by atoms with Gasteiger partial charge in [0.1, 0.15) is 0 Å². The molecule has 106 valence electrons. The lowest BCUT2D eigenvalue weighted by molar-refractivity contribution is 1.28. The van der Waals surface area contributed by atoms with E-state index in [0.29, 0.717) is 0 Å². The van der Waals surface area contributed by atoms with Gasteiger partial charge in [-0.05, 0) is 36.4 Å². The van der Waals surface area contributed by atoms with E-state index in [1.807, 2.05) is 30.5 Å². The summed E-state index contributed by atoms with van der Waals surface area (Å²) in [4.78, 5) is 7.00. The summed E-state index contributed by atoms with van der Waals surface area (Å²) >= 11 is 3.33. The van der Waals surface area contributed by atoms with E-state index in [2.05, 4.69) is 46.9 Å². The van der Waals surface area contributed by atoms with Crippen molar-refractivity contribution >= 4 is 34.0 Å². The van der Waals surface area contributed by atoms with E-state index in [1.165, 1.54) is 15.3 Å². The van der Waals surface area contributed by atoms with Gasteiger partial charge in [0.25, 0.3) is 0 Å². The van der Waals surface area contributed by atoms with Gasteiger partial charge in [0.15, 0.2) is 0 Å². The summed E-state index contributed by atoms with van der Waals surface area (Å²) < 4.78 is 0. The van der Waals surface area contributed by atoms with Gasteiger partial charge in [-0.15, -0.1) is 22.7 Å². The predicted octanol–water partition coefficient (Wildman–Crippen LogP) is 4.93. The van der Waals surface area contributed by atoms with Crippen molar-refractivity contribution in [2.24, 2.45) is 5.10 Å². The Morgan fingerprint density at radius 3 is 2.76 bits per heavy atom. The van der Waals surface area contributed by atoms with Crippen LogP contribution in [0.4, 0.5) is 5.13 Å². The molecule has 0 spiro atoms. The average molecular weight is 313 g/mol. The second-order valence-corrected chi connectivity index (χ2v) is 6.78. The van der Waals surface area contributed by atoms with Crippen LogP contribution in [0.1, 0.15) is 16.0 Å². The second-order valence-electron chi connectivity index (χ2n) is 4.63. The maximum atomic E-state index is 4.61. The summed E-state index contributed by atoms with van der Waals surface area (Å²) in [7, 11) is 0. The third kappa shape index (κ3) is 3.20. The number of rotatable bonds is 4. The first-order chi connectivity index (χ1) is 10.2. The molecule has 3 rings (SSSR count). The zero-order chi connectivity index (χ0) is 14.7. The highest BCUT2D eigenvalue weighted by Gasteiger charge is 2.09. The van der Waals surface area contributed by atoms with Crippen LogP contribution >= 0.6 is 22.7 Å². The molecule has 0 fully saturated rings. The van der Waals surface area contributed by atoms with Crippen molar-refractivity contribution < 1.29 is 0 Å². The molecule has 0 unspecified atom stereocenters. The second kappa shape index (κ2) is 6.20. The predicted molar refractivity (Wildman–Crippen MR) is 92.6 cm³/mol. The number of hydrogen-bond donors (Lipinski definition) is 1. The monoisotopic (exact) mass is 313 g/mol. The maximum Gasteiger partial charge on any atom is 0.204 e. The molecule has 21 heavy (non-hydrogen) atoms. The van der Waals surface area contributed by atoms with Gasteiger partial charge in [-0.1, -0.05) is 30.3 Å². The first kappa shape index (κ1) is 14.0. The van der Waals surface area contributed by atoms with Crippen LogP contribution in [0.2, 0.25) is 0 Å². The van der Waals surface area contributed by atoms with Crippen molar-refractivity contribution in [3.05, 3.63) is 57.8 Å². The minimum Gasteiger partial charge on any atom is -0.253 e. The van der Waals surface area contributed by atoms with Crippen molar-refractivity contribution in [3.63, 3.8) is 0 Å². The number of thiazole rings is 1. The Bertz CT molecular complexity index is 758. The number of benzene rings is 1. The topological polar surface area (TPSA) is 37.3 Å². The van der Waals surface area contributed by atoms with Gasteiger partial charge in [-0.3, -0.25) is 5.43 Å². The smallest absolute Gasteiger partial charge is 0.204 e. The zero-order valence-electron chi connectivity index (χ0n) is 11.8. The molecule has 0 aliphatic carbocycles. The molecule has 2 heterocycles. The van der Waals surface area contributed by atoms with Gasteiger partial charge < -0.3 is 0 Å². The molecule has 3 aromatic rings. The van der Waals surface area contributed by atoms with Crippen molar-refractivity contribution in [3.8, 4) is 10.6 Å². The summed E-state index contributed by atoms with van der Waals surface area (Å²) in [6.07, 6.45) is 1.83. The van der Waals surface area contributed by atoms with Gasteiger partial charge >= 0.3 is 0 Å². The van der Waals surface area contributed by atoms with Gasteiger partial charge in [-0.2, -0.15) is 5.10 Å². The Kier molecular flexibility index (Phi) is 4.13. The summed E-state index contributed by atoms with van der Waals surface area (Å²) in [5.74, 6) is 0. The molecule has 0 saturated carbocycles. The Morgan fingerprint density at radius 1 is 1.14 bits per heavy atom. The Hall–Kier alpha value is -1.98. The van der Waals surface area contributed by atoms with Gasteiger partial charge in [-0.25, -0.2) is 4.98 Å². The van der Waals surface area contributed by atoms with Crippen LogP contribution < -0.4 is 5.43 Å². The number of thiophene rings is 1. The van der Waals surface area contributed by atoms with Crippen LogP contribution in [0.3, 0.4) is 0 Å². The number of aromatic nitrogens is 1. The average Bonchev–Trinajstić information content (AvgIpc) is 3.10. The highest BCUT2D eigenvalue weighted by molar-refractivity contribution is 7.17. The van der Waals surface area contributed by atoms with E-state index in [-0.39, 0.29) is 0 Å². The van der Waals surface area contributed by atoms with Crippen LogP contribution in [-0.2, 0) is 0 Å². The Labute approximate surface area is 132 Å². The normalized spacial score (nSPS) is 11.1. The van der Waals surface area contributed by atoms with Gasteiger partial charge in [0.2, 0.25) is 5.13 Å². The van der Waals surface area contributed by atoms with Crippen LogP contribution in [0.15, 0.2) is 46.9 Å². The molecule has 0 amide bonds. The van der Waals surface area contributed by atoms with Crippen LogP contribution in [-0.4, -0.2) is 11.2 Å². The van der Waals surface area contributed by atoms with Crippen molar-refractivity contribution in [2.75, 3.05) is 5.43 Å². The standard InChI is InChI=1S/C16H15N3S2/c1-11-6-3-4-7-13(11)10-17-19-16-18-15(12(2)21-16)14-8-5-9-20-14/h3-10H,1-2H3,(H,18,19)/b17-10-. The highest BCUT2D eigenvalue weighted by Crippen LogP contribution is 2.32. The van der Waals surface area contributed by atoms with Gasteiger partial charge in [0, 0.05) is 4.88 Å². The molecule has 1 aromatic carbocycles. The molecule has 0 radical (unpaired) electrons. The highest BCUT2D eigenvalue weighted by atomic mass is 32.1. The van der Waals surface area contributed by atoms with E-state index in [1.54, 1.807) is 22.7 Å². The molecule has 0 bridgehead atoms. The van der Waals surface area contributed by atoms with E-state index < -0.39 is 0 Å². The van der Waals surface area contributed by atoms with Crippen LogP contribution in [0.5, 0.6) is 0 Å². The number of nitrogens with zero attached hydrogens (tertiary/aromatic N) is 2. The molecule has 1 N–H and O–H groups in total. The van der Waals surface area contributed by atoms with E-state index in [0.717, 1.165) is 16.4 Å². The fraction of sp³-hybridized carbons (Fsp3) is 0.125. The fourth-order valence-electron chi connectivity index (χ4n) is 1.97. The third-order valence-corrected chi connectivity index (χ3v) is 4.86. The SMILES string of the molecule is Cc1ccccc1/C=N\Nc1nc(-c2cccs2)c(C)s1. The van der Waals surface area contributed by atoms with Crippen molar-refractivity contribution in [1.29, 1.82) is 0 Å². The molecule has 0 saturated heterocycles. The van der Waals surface area contributed by atoms with Crippen LogP contribution in [0, 0.1) is 13.8 Å². The number of hydrazone groups is 1. The summed E-state index contributed by atoms with van der Waals surface area (Å²) in [6, 6.07) is 12.3. The molecule has 2 aromatic heterocycles. The molecular weight excluding hydrogens is 298 g/mol. The van der Waals surface area contributed by atoms with E-state index in [4.69, 9.17) is 0 Å².